The van der Waals surface area contributed by atoms with Crippen LogP contribution in [0.2, 0.25) is 0 Å². The van der Waals surface area contributed by atoms with E-state index in [9.17, 15) is 10.1 Å². The van der Waals surface area contributed by atoms with Crippen molar-refractivity contribution < 1.29 is 9.66 Å². The fraction of sp³-hybridized carbons (Fsp3) is 0.385. The lowest BCUT2D eigenvalue weighted by Gasteiger charge is -2.13. The molecule has 8 heteroatoms. The third-order valence-corrected chi connectivity index (χ3v) is 2.98. The maximum Gasteiger partial charge on any atom is 0.311 e. The number of nitro groups is 1. The summed E-state index contributed by atoms with van der Waals surface area (Å²) in [4.78, 5) is 10.5. The fourth-order valence-corrected chi connectivity index (χ4v) is 1.83. The van der Waals surface area contributed by atoms with Crippen LogP contribution in [-0.2, 0) is 12.1 Å². The first-order valence-corrected chi connectivity index (χ1v) is 6.32. The largest absolute Gasteiger partial charge is 0.490 e. The van der Waals surface area contributed by atoms with Gasteiger partial charge < -0.3 is 10.5 Å². The van der Waals surface area contributed by atoms with Crippen LogP contribution in [0.4, 0.5) is 5.69 Å². The van der Waals surface area contributed by atoms with Crippen LogP contribution >= 0.6 is 0 Å². The monoisotopic (exact) mass is 291 g/mol. The van der Waals surface area contributed by atoms with Crippen molar-refractivity contribution in [3.05, 3.63) is 45.8 Å². The van der Waals surface area contributed by atoms with E-state index in [1.165, 1.54) is 13.2 Å². The highest BCUT2D eigenvalue weighted by Crippen LogP contribution is 2.27. The van der Waals surface area contributed by atoms with Crippen molar-refractivity contribution in [3.63, 3.8) is 0 Å². The van der Waals surface area contributed by atoms with Crippen LogP contribution in [-0.4, -0.2) is 27.0 Å². The summed E-state index contributed by atoms with van der Waals surface area (Å²) in [7, 11) is 1.40. The summed E-state index contributed by atoms with van der Waals surface area (Å²) in [5, 5.41) is 19.0. The molecule has 2 N–H and O–H groups in total. The van der Waals surface area contributed by atoms with Crippen molar-refractivity contribution in [1.82, 2.24) is 15.0 Å². The van der Waals surface area contributed by atoms with Gasteiger partial charge in [-0.1, -0.05) is 11.3 Å². The Morgan fingerprint density at radius 3 is 2.71 bits per heavy atom. The Labute approximate surface area is 121 Å². The zero-order valence-electron chi connectivity index (χ0n) is 12.1. The van der Waals surface area contributed by atoms with E-state index in [2.05, 4.69) is 10.3 Å². The van der Waals surface area contributed by atoms with E-state index in [0.717, 1.165) is 5.56 Å². The molecule has 0 bridgehead atoms. The van der Waals surface area contributed by atoms with Gasteiger partial charge in [-0.25, -0.2) is 4.68 Å². The molecule has 0 radical (unpaired) electrons. The van der Waals surface area contributed by atoms with Crippen molar-refractivity contribution in [2.24, 2.45) is 5.73 Å². The maximum absolute atomic E-state index is 11.0. The van der Waals surface area contributed by atoms with Gasteiger partial charge in [-0.15, -0.1) is 5.10 Å². The van der Waals surface area contributed by atoms with E-state index < -0.39 is 10.5 Å². The van der Waals surface area contributed by atoms with Gasteiger partial charge in [-0.3, -0.25) is 10.1 Å². The summed E-state index contributed by atoms with van der Waals surface area (Å²) >= 11 is 0. The zero-order valence-corrected chi connectivity index (χ0v) is 12.1. The smallest absolute Gasteiger partial charge is 0.311 e. The van der Waals surface area contributed by atoms with Gasteiger partial charge in [-0.2, -0.15) is 0 Å². The van der Waals surface area contributed by atoms with Gasteiger partial charge in [-0.05, 0) is 25.5 Å². The molecule has 0 aliphatic rings. The van der Waals surface area contributed by atoms with Crippen molar-refractivity contribution in [3.8, 4) is 5.75 Å². The van der Waals surface area contributed by atoms with Crippen molar-refractivity contribution in [1.29, 1.82) is 0 Å². The van der Waals surface area contributed by atoms with Crippen LogP contribution in [0.15, 0.2) is 24.4 Å². The lowest BCUT2D eigenvalue weighted by Crippen LogP contribution is -2.29. The number of nitro benzene ring substituents is 1. The molecule has 0 aliphatic carbocycles. The lowest BCUT2D eigenvalue weighted by atomic mass is 10.0. The molecule has 0 saturated heterocycles. The Kier molecular flexibility index (Phi) is 3.90. The molecule has 8 nitrogen and oxygen atoms in total. The van der Waals surface area contributed by atoms with Gasteiger partial charge in [0.15, 0.2) is 5.75 Å². The molecule has 1 aromatic heterocycles. The van der Waals surface area contributed by atoms with E-state index in [-0.39, 0.29) is 11.4 Å². The molecule has 2 aromatic rings. The zero-order chi connectivity index (χ0) is 15.6. The molecule has 21 heavy (non-hydrogen) atoms. The van der Waals surface area contributed by atoms with Crippen molar-refractivity contribution >= 4 is 5.69 Å². The number of aromatic nitrogens is 3. The van der Waals surface area contributed by atoms with Gasteiger partial charge in [0.2, 0.25) is 0 Å². The molecule has 0 amide bonds. The first-order chi connectivity index (χ1) is 9.81. The second-order valence-corrected chi connectivity index (χ2v) is 5.29. The Balaban J connectivity index is 2.26. The quantitative estimate of drug-likeness (QED) is 0.659. The lowest BCUT2D eigenvalue weighted by molar-refractivity contribution is -0.385. The average molecular weight is 291 g/mol. The summed E-state index contributed by atoms with van der Waals surface area (Å²) in [6.45, 7) is 4.03. The molecule has 0 aliphatic heterocycles. The van der Waals surface area contributed by atoms with Gasteiger partial charge >= 0.3 is 5.69 Å². The summed E-state index contributed by atoms with van der Waals surface area (Å²) in [6, 6.07) is 4.78. The Morgan fingerprint density at radius 2 is 2.19 bits per heavy atom. The molecule has 0 atom stereocenters. The van der Waals surface area contributed by atoms with E-state index in [0.29, 0.717) is 12.2 Å². The summed E-state index contributed by atoms with van der Waals surface area (Å²) in [5.74, 6) is 0.228. The fourth-order valence-electron chi connectivity index (χ4n) is 1.83. The van der Waals surface area contributed by atoms with Gasteiger partial charge in [0, 0.05) is 6.07 Å². The normalized spacial score (nSPS) is 11.4. The number of rotatable bonds is 5. The van der Waals surface area contributed by atoms with Crippen LogP contribution in [0.3, 0.4) is 0 Å². The number of benzene rings is 1. The van der Waals surface area contributed by atoms with Crippen molar-refractivity contribution in [2.45, 2.75) is 25.9 Å². The second kappa shape index (κ2) is 5.49. The van der Waals surface area contributed by atoms with Crippen LogP contribution in [0.1, 0.15) is 25.1 Å². The van der Waals surface area contributed by atoms with Crippen LogP contribution < -0.4 is 10.5 Å². The number of hydrogen-bond acceptors (Lipinski definition) is 6. The highest BCUT2D eigenvalue weighted by atomic mass is 16.6. The molecule has 0 fully saturated rings. The first kappa shape index (κ1) is 14.9. The molecule has 112 valence electrons. The highest BCUT2D eigenvalue weighted by Gasteiger charge is 2.19. The Hall–Kier alpha value is -2.48. The summed E-state index contributed by atoms with van der Waals surface area (Å²) in [5.41, 5.74) is 6.68. The average Bonchev–Trinajstić information content (AvgIpc) is 2.87. The molecular weight excluding hydrogens is 274 g/mol. The minimum absolute atomic E-state index is 0.0745. The van der Waals surface area contributed by atoms with Crippen LogP contribution in [0.5, 0.6) is 5.75 Å². The third-order valence-electron chi connectivity index (χ3n) is 2.98. The van der Waals surface area contributed by atoms with E-state index in [1.54, 1.807) is 23.0 Å². The minimum Gasteiger partial charge on any atom is -0.490 e. The predicted molar refractivity (Wildman–Crippen MR) is 76.0 cm³/mol. The molecule has 2 rings (SSSR count). The molecule has 0 spiro atoms. The van der Waals surface area contributed by atoms with E-state index in [4.69, 9.17) is 10.5 Å². The highest BCUT2D eigenvalue weighted by molar-refractivity contribution is 5.48. The maximum atomic E-state index is 11.0. The topological polar surface area (TPSA) is 109 Å². The Morgan fingerprint density at radius 1 is 1.48 bits per heavy atom. The summed E-state index contributed by atoms with van der Waals surface area (Å²) in [6.07, 6.45) is 1.73. The first-order valence-electron chi connectivity index (χ1n) is 6.32. The van der Waals surface area contributed by atoms with Crippen LogP contribution in [0.25, 0.3) is 0 Å². The minimum atomic E-state index is -0.579. The predicted octanol–water partition coefficient (Wildman–Crippen LogP) is 1.44. The molecule has 1 aromatic carbocycles. The molecule has 1 heterocycles. The SMILES string of the molecule is COc1ccc(Cn2cc(C(C)(C)N)nn2)cc1[N+](=O)[O-]. The molecule has 0 saturated carbocycles. The van der Waals surface area contributed by atoms with Crippen molar-refractivity contribution in [2.75, 3.05) is 7.11 Å². The third kappa shape index (κ3) is 3.34. The van der Waals surface area contributed by atoms with Crippen LogP contribution in [0, 0.1) is 10.1 Å². The Bertz CT molecular complexity index is 660. The number of hydrogen-bond donors (Lipinski definition) is 1. The molecular formula is C13H17N5O3. The van der Waals surface area contributed by atoms with Gasteiger partial charge in [0.25, 0.3) is 0 Å². The number of methoxy groups -OCH3 is 1. The number of nitrogens with two attached hydrogens (primary N) is 1. The standard InChI is InChI=1S/C13H17N5O3/c1-13(2,14)12-8-17(16-15-12)7-9-4-5-11(21-3)10(6-9)18(19)20/h4-6,8H,7,14H2,1-3H3. The van der Waals surface area contributed by atoms with E-state index in [1.807, 2.05) is 13.8 Å². The van der Waals surface area contributed by atoms with E-state index >= 15 is 0 Å². The number of ether oxygens (including phenoxy) is 1. The molecule has 0 unspecified atom stereocenters. The van der Waals surface area contributed by atoms with Gasteiger partial charge in [0.05, 0.1) is 30.3 Å². The van der Waals surface area contributed by atoms with Gasteiger partial charge in [0.1, 0.15) is 5.69 Å². The summed E-state index contributed by atoms with van der Waals surface area (Å²) < 4.78 is 6.56. The number of nitrogens with zero attached hydrogens (tertiary/aromatic N) is 4. The second-order valence-electron chi connectivity index (χ2n) is 5.29.